The smallest absolute Gasteiger partial charge is 0.124 e. The number of nitrogens with one attached hydrogen (secondary N) is 2. The summed E-state index contributed by atoms with van der Waals surface area (Å²) in [6.45, 7) is 4.00. The zero-order chi connectivity index (χ0) is 14.3. The molecular formula is C15H25N3S. The standard InChI is InChI=1S/C13H19N3S.C2H6/c14-13(15)11-8-10(17)6-7-12(11)16-9-4-2-1-3-5-9;1-2/h6-9,16-17H,1-5H2,(H3,14,15);1-2H3. The van der Waals surface area contributed by atoms with Crippen molar-refractivity contribution in [1.82, 2.24) is 0 Å². The van der Waals surface area contributed by atoms with Gasteiger partial charge in [-0.05, 0) is 31.0 Å². The molecule has 0 amide bonds. The Kier molecular flexibility index (Phi) is 6.78. The van der Waals surface area contributed by atoms with Crippen molar-refractivity contribution in [3.05, 3.63) is 23.8 Å². The van der Waals surface area contributed by atoms with Crippen LogP contribution < -0.4 is 11.1 Å². The first-order chi connectivity index (χ1) is 9.16. The van der Waals surface area contributed by atoms with E-state index >= 15 is 0 Å². The van der Waals surface area contributed by atoms with Crippen LogP contribution in [-0.2, 0) is 0 Å². The molecule has 2 rings (SSSR count). The minimum absolute atomic E-state index is 0.0965. The summed E-state index contributed by atoms with van der Waals surface area (Å²) in [6, 6.07) is 6.26. The first kappa shape index (κ1) is 15.9. The van der Waals surface area contributed by atoms with E-state index in [0.717, 1.165) is 16.1 Å². The first-order valence-corrected chi connectivity index (χ1v) is 7.55. The van der Waals surface area contributed by atoms with E-state index in [1.807, 2.05) is 32.0 Å². The Labute approximate surface area is 121 Å². The highest BCUT2D eigenvalue weighted by Gasteiger charge is 2.15. The molecular weight excluding hydrogens is 254 g/mol. The van der Waals surface area contributed by atoms with E-state index in [1.165, 1.54) is 32.1 Å². The lowest BCUT2D eigenvalue weighted by atomic mass is 9.95. The zero-order valence-electron chi connectivity index (χ0n) is 11.9. The molecule has 4 heteroatoms. The van der Waals surface area contributed by atoms with E-state index in [1.54, 1.807) is 0 Å². The Hall–Kier alpha value is -1.16. The molecule has 19 heavy (non-hydrogen) atoms. The van der Waals surface area contributed by atoms with Gasteiger partial charge in [0.15, 0.2) is 0 Å². The largest absolute Gasteiger partial charge is 0.384 e. The minimum atomic E-state index is 0.0965. The van der Waals surface area contributed by atoms with E-state index in [9.17, 15) is 0 Å². The van der Waals surface area contributed by atoms with Gasteiger partial charge in [0.05, 0.1) is 0 Å². The second kappa shape index (κ2) is 8.10. The van der Waals surface area contributed by atoms with Crippen LogP contribution in [0.2, 0.25) is 0 Å². The average Bonchev–Trinajstić information content (AvgIpc) is 2.44. The van der Waals surface area contributed by atoms with E-state index in [0.29, 0.717) is 6.04 Å². The van der Waals surface area contributed by atoms with E-state index < -0.39 is 0 Å². The van der Waals surface area contributed by atoms with Gasteiger partial charge in [0.1, 0.15) is 5.84 Å². The van der Waals surface area contributed by atoms with E-state index in [-0.39, 0.29) is 5.84 Å². The second-order valence-electron chi connectivity index (χ2n) is 4.62. The summed E-state index contributed by atoms with van der Waals surface area (Å²) in [7, 11) is 0. The molecule has 1 aromatic carbocycles. The fourth-order valence-electron chi connectivity index (χ4n) is 2.35. The van der Waals surface area contributed by atoms with Crippen molar-refractivity contribution in [1.29, 1.82) is 5.41 Å². The number of amidine groups is 1. The van der Waals surface area contributed by atoms with Crippen molar-refractivity contribution in [3.8, 4) is 0 Å². The summed E-state index contributed by atoms with van der Waals surface area (Å²) in [4.78, 5) is 0.837. The fraction of sp³-hybridized carbons (Fsp3) is 0.533. The molecule has 0 bridgehead atoms. The topological polar surface area (TPSA) is 61.9 Å². The summed E-state index contributed by atoms with van der Waals surface area (Å²) in [5, 5.41) is 11.1. The summed E-state index contributed by atoms with van der Waals surface area (Å²) in [5.74, 6) is 0.0965. The SMILES string of the molecule is CC.N=C(N)c1cc(S)ccc1NC1CCCCC1. The summed E-state index contributed by atoms with van der Waals surface area (Å²) >= 11 is 4.28. The van der Waals surface area contributed by atoms with Gasteiger partial charge in [0, 0.05) is 22.2 Å². The minimum Gasteiger partial charge on any atom is -0.384 e. The van der Waals surface area contributed by atoms with Crippen LogP contribution in [-0.4, -0.2) is 11.9 Å². The van der Waals surface area contributed by atoms with Gasteiger partial charge >= 0.3 is 0 Å². The van der Waals surface area contributed by atoms with Gasteiger partial charge in [-0.2, -0.15) is 0 Å². The molecule has 0 unspecified atom stereocenters. The number of nitrogens with two attached hydrogens (primary N) is 1. The van der Waals surface area contributed by atoms with Crippen molar-refractivity contribution in [3.63, 3.8) is 0 Å². The maximum atomic E-state index is 7.59. The van der Waals surface area contributed by atoms with Gasteiger partial charge in [-0.25, -0.2) is 0 Å². The molecule has 0 heterocycles. The summed E-state index contributed by atoms with van der Waals surface area (Å²) in [5.41, 5.74) is 7.31. The Morgan fingerprint density at radius 3 is 2.47 bits per heavy atom. The van der Waals surface area contributed by atoms with Crippen LogP contribution in [0.1, 0.15) is 51.5 Å². The fourth-order valence-corrected chi connectivity index (χ4v) is 2.55. The number of hydrogen-bond donors (Lipinski definition) is 4. The highest BCUT2D eigenvalue weighted by atomic mass is 32.1. The number of hydrogen-bond acceptors (Lipinski definition) is 3. The van der Waals surface area contributed by atoms with Gasteiger partial charge in [-0.3, -0.25) is 5.41 Å². The molecule has 0 radical (unpaired) electrons. The summed E-state index contributed by atoms with van der Waals surface area (Å²) < 4.78 is 0. The number of thiol groups is 1. The van der Waals surface area contributed by atoms with Gasteiger partial charge in [-0.1, -0.05) is 33.1 Å². The molecule has 4 N–H and O–H groups in total. The van der Waals surface area contributed by atoms with Gasteiger partial charge in [0.25, 0.3) is 0 Å². The van der Waals surface area contributed by atoms with E-state index in [2.05, 4.69) is 17.9 Å². The average molecular weight is 279 g/mol. The van der Waals surface area contributed by atoms with Crippen molar-refractivity contribution in [2.24, 2.45) is 5.73 Å². The van der Waals surface area contributed by atoms with Crippen LogP contribution in [0.3, 0.4) is 0 Å². The molecule has 3 nitrogen and oxygen atoms in total. The highest BCUT2D eigenvalue weighted by Crippen LogP contribution is 2.25. The molecule has 0 saturated heterocycles. The van der Waals surface area contributed by atoms with Crippen LogP contribution in [0, 0.1) is 5.41 Å². The lowest BCUT2D eigenvalue weighted by molar-refractivity contribution is 0.462. The third-order valence-electron chi connectivity index (χ3n) is 3.26. The molecule has 106 valence electrons. The number of benzene rings is 1. The molecule has 0 atom stereocenters. The molecule has 0 aliphatic heterocycles. The molecule has 1 aromatic rings. The van der Waals surface area contributed by atoms with Crippen LogP contribution in [0.25, 0.3) is 0 Å². The van der Waals surface area contributed by atoms with Crippen molar-refractivity contribution >= 4 is 24.2 Å². The van der Waals surface area contributed by atoms with Crippen molar-refractivity contribution in [2.45, 2.75) is 56.9 Å². The zero-order valence-corrected chi connectivity index (χ0v) is 12.8. The Morgan fingerprint density at radius 1 is 1.26 bits per heavy atom. The molecule has 1 saturated carbocycles. The lowest BCUT2D eigenvalue weighted by Crippen LogP contribution is -2.24. The third-order valence-corrected chi connectivity index (χ3v) is 3.54. The molecule has 0 spiro atoms. The maximum Gasteiger partial charge on any atom is 0.124 e. The Bertz CT molecular complexity index is 412. The molecule has 1 aliphatic rings. The predicted octanol–water partition coefficient (Wildman–Crippen LogP) is 4.03. The van der Waals surface area contributed by atoms with Gasteiger partial charge in [-0.15, -0.1) is 12.6 Å². The highest BCUT2D eigenvalue weighted by molar-refractivity contribution is 7.80. The van der Waals surface area contributed by atoms with Crippen LogP contribution in [0.4, 0.5) is 5.69 Å². The quantitative estimate of drug-likeness (QED) is 0.383. The Balaban J connectivity index is 0.000000861. The maximum absolute atomic E-state index is 7.59. The summed E-state index contributed by atoms with van der Waals surface area (Å²) in [6.07, 6.45) is 6.34. The van der Waals surface area contributed by atoms with E-state index in [4.69, 9.17) is 11.1 Å². The van der Waals surface area contributed by atoms with Gasteiger partial charge < -0.3 is 11.1 Å². The predicted molar refractivity (Wildman–Crippen MR) is 86.6 cm³/mol. The molecule has 1 fully saturated rings. The second-order valence-corrected chi connectivity index (χ2v) is 5.14. The number of anilines is 1. The Morgan fingerprint density at radius 2 is 1.89 bits per heavy atom. The van der Waals surface area contributed by atoms with Gasteiger partial charge in [0.2, 0.25) is 0 Å². The van der Waals surface area contributed by atoms with Crippen LogP contribution >= 0.6 is 12.6 Å². The monoisotopic (exact) mass is 279 g/mol. The van der Waals surface area contributed by atoms with Crippen LogP contribution in [0.5, 0.6) is 0 Å². The number of nitrogen functional groups attached to an aromatic ring is 1. The normalized spacial score (nSPS) is 15.3. The third kappa shape index (κ3) is 4.78. The number of rotatable bonds is 3. The van der Waals surface area contributed by atoms with Crippen molar-refractivity contribution < 1.29 is 0 Å². The lowest BCUT2D eigenvalue weighted by Gasteiger charge is -2.25. The molecule has 0 aromatic heterocycles. The molecule has 1 aliphatic carbocycles. The first-order valence-electron chi connectivity index (χ1n) is 7.11. The van der Waals surface area contributed by atoms with Crippen LogP contribution in [0.15, 0.2) is 23.1 Å². The van der Waals surface area contributed by atoms with Crippen molar-refractivity contribution in [2.75, 3.05) is 5.32 Å².